The van der Waals surface area contributed by atoms with Gasteiger partial charge in [-0.1, -0.05) is 12.1 Å². The van der Waals surface area contributed by atoms with Gasteiger partial charge in [0.15, 0.2) is 17.3 Å². The molecule has 0 radical (unpaired) electrons. The molecule has 29 heavy (non-hydrogen) atoms. The molecule has 0 atom stereocenters. The van der Waals surface area contributed by atoms with Crippen LogP contribution in [0.3, 0.4) is 0 Å². The number of fused-ring (bicyclic) bond motifs is 1. The van der Waals surface area contributed by atoms with Crippen LogP contribution < -0.4 is 14.3 Å². The van der Waals surface area contributed by atoms with E-state index in [4.69, 9.17) is 18.9 Å². The number of hydrogen-bond acceptors (Lipinski definition) is 6. The van der Waals surface area contributed by atoms with E-state index in [1.165, 1.54) is 11.3 Å². The first-order valence-electron chi connectivity index (χ1n) is 9.06. The van der Waals surface area contributed by atoms with Crippen LogP contribution in [-0.4, -0.2) is 17.7 Å². The predicted molar refractivity (Wildman–Crippen MR) is 112 cm³/mol. The smallest absolute Gasteiger partial charge is 0.231 e. The van der Waals surface area contributed by atoms with Gasteiger partial charge in [-0.2, -0.15) is 5.10 Å². The standard InChI is InChI=1S/C22H17N3O3S/c1-15-4-2-5-17(10-15)24-22-25(18(13-29-22)19-6-3-9-26-19)23-12-16-7-8-20-21(11-16)28-14-27-20/h2-13H,14H2,1H3. The van der Waals surface area contributed by atoms with Gasteiger partial charge in [-0.15, -0.1) is 11.3 Å². The third-order valence-corrected chi connectivity index (χ3v) is 5.22. The Morgan fingerprint density at radius 3 is 2.83 bits per heavy atom. The van der Waals surface area contributed by atoms with Crippen LogP contribution in [0.2, 0.25) is 0 Å². The van der Waals surface area contributed by atoms with E-state index < -0.39 is 0 Å². The summed E-state index contributed by atoms with van der Waals surface area (Å²) in [5, 5.41) is 6.68. The molecule has 5 rings (SSSR count). The van der Waals surface area contributed by atoms with Crippen LogP contribution in [0, 0.1) is 6.92 Å². The Kier molecular flexibility index (Phi) is 4.50. The number of ether oxygens (including phenoxy) is 2. The monoisotopic (exact) mass is 403 g/mol. The topological polar surface area (TPSA) is 61.2 Å². The summed E-state index contributed by atoms with van der Waals surface area (Å²) in [7, 11) is 0. The largest absolute Gasteiger partial charge is 0.463 e. The lowest BCUT2D eigenvalue weighted by Gasteiger charge is -2.02. The third kappa shape index (κ3) is 3.60. The number of benzene rings is 2. The quantitative estimate of drug-likeness (QED) is 0.453. The maximum absolute atomic E-state index is 5.59. The summed E-state index contributed by atoms with van der Waals surface area (Å²) in [5.74, 6) is 2.20. The number of hydrogen-bond donors (Lipinski definition) is 0. The highest BCUT2D eigenvalue weighted by atomic mass is 32.1. The average molecular weight is 403 g/mol. The first kappa shape index (κ1) is 17.5. The van der Waals surface area contributed by atoms with Gasteiger partial charge >= 0.3 is 0 Å². The summed E-state index contributed by atoms with van der Waals surface area (Å²) in [6.45, 7) is 2.30. The summed E-state index contributed by atoms with van der Waals surface area (Å²) in [5.41, 5.74) is 3.78. The minimum Gasteiger partial charge on any atom is -0.463 e. The van der Waals surface area contributed by atoms with E-state index in [1.807, 2.05) is 66.9 Å². The van der Waals surface area contributed by atoms with Crippen molar-refractivity contribution in [3.05, 3.63) is 82.2 Å². The molecule has 0 unspecified atom stereocenters. The fraction of sp³-hybridized carbons (Fsp3) is 0.0909. The van der Waals surface area contributed by atoms with Crippen LogP contribution in [0.25, 0.3) is 11.5 Å². The second-order valence-electron chi connectivity index (χ2n) is 6.50. The molecule has 3 heterocycles. The van der Waals surface area contributed by atoms with Crippen LogP contribution in [0.1, 0.15) is 11.1 Å². The Morgan fingerprint density at radius 2 is 1.97 bits per heavy atom. The van der Waals surface area contributed by atoms with Crippen LogP contribution in [-0.2, 0) is 0 Å². The van der Waals surface area contributed by atoms with Gasteiger partial charge in [0.2, 0.25) is 11.6 Å². The maximum Gasteiger partial charge on any atom is 0.231 e. The fourth-order valence-electron chi connectivity index (χ4n) is 3.01. The van der Waals surface area contributed by atoms with Gasteiger partial charge in [-0.05, 0) is 60.5 Å². The highest BCUT2D eigenvalue weighted by molar-refractivity contribution is 7.07. The number of rotatable bonds is 4. The van der Waals surface area contributed by atoms with E-state index in [-0.39, 0.29) is 6.79 Å². The minimum absolute atomic E-state index is 0.247. The molecule has 7 heteroatoms. The fourth-order valence-corrected chi connectivity index (χ4v) is 3.85. The van der Waals surface area contributed by atoms with Crippen LogP contribution in [0.5, 0.6) is 11.5 Å². The zero-order chi connectivity index (χ0) is 19.6. The predicted octanol–water partition coefficient (Wildman–Crippen LogP) is 4.96. The Hall–Kier alpha value is -3.58. The molecule has 2 aromatic carbocycles. The minimum atomic E-state index is 0.247. The van der Waals surface area contributed by atoms with E-state index in [2.05, 4.69) is 5.10 Å². The van der Waals surface area contributed by atoms with Crippen LogP contribution >= 0.6 is 11.3 Å². The summed E-state index contributed by atoms with van der Waals surface area (Å²) in [6.07, 6.45) is 3.42. The Balaban J connectivity index is 1.59. The van der Waals surface area contributed by atoms with Crippen molar-refractivity contribution < 1.29 is 13.9 Å². The molecule has 1 aliphatic rings. The van der Waals surface area contributed by atoms with Crippen LogP contribution in [0.15, 0.2) is 80.8 Å². The second-order valence-corrected chi connectivity index (χ2v) is 7.34. The third-order valence-electron chi connectivity index (χ3n) is 4.40. The maximum atomic E-state index is 5.59. The SMILES string of the molecule is Cc1cccc(N=c2scc(-c3ccco3)n2N=Cc2ccc3c(c2)OCO3)c1. The first-order chi connectivity index (χ1) is 14.3. The van der Waals surface area contributed by atoms with Crippen molar-refractivity contribution in [2.45, 2.75) is 6.92 Å². The normalized spacial score (nSPS) is 13.5. The number of furan rings is 1. The zero-order valence-electron chi connectivity index (χ0n) is 15.6. The van der Waals surface area contributed by atoms with Gasteiger partial charge in [0.1, 0.15) is 5.69 Å². The van der Waals surface area contributed by atoms with Crippen molar-refractivity contribution in [1.29, 1.82) is 0 Å². The Morgan fingerprint density at radius 1 is 1.03 bits per heavy atom. The Labute approximate surface area is 171 Å². The van der Waals surface area contributed by atoms with Gasteiger partial charge in [-0.25, -0.2) is 9.67 Å². The lowest BCUT2D eigenvalue weighted by atomic mass is 10.2. The van der Waals surface area contributed by atoms with E-state index >= 15 is 0 Å². The Bertz CT molecular complexity index is 1250. The molecule has 0 spiro atoms. The summed E-state index contributed by atoms with van der Waals surface area (Å²) in [4.78, 5) is 5.53. The van der Waals surface area contributed by atoms with Crippen molar-refractivity contribution in [3.63, 3.8) is 0 Å². The molecular weight excluding hydrogens is 386 g/mol. The van der Waals surface area contributed by atoms with Gasteiger partial charge in [0, 0.05) is 5.38 Å². The molecule has 0 fully saturated rings. The highest BCUT2D eigenvalue weighted by Gasteiger charge is 2.13. The molecule has 0 aliphatic carbocycles. The molecule has 1 aliphatic heterocycles. The van der Waals surface area contributed by atoms with Crippen LogP contribution in [0.4, 0.5) is 5.69 Å². The number of nitrogens with zero attached hydrogens (tertiary/aromatic N) is 3. The van der Waals surface area contributed by atoms with E-state index in [0.29, 0.717) is 0 Å². The lowest BCUT2D eigenvalue weighted by molar-refractivity contribution is 0.174. The zero-order valence-corrected chi connectivity index (χ0v) is 16.4. The van der Waals surface area contributed by atoms with Gasteiger partial charge < -0.3 is 13.9 Å². The van der Waals surface area contributed by atoms with Gasteiger partial charge in [-0.3, -0.25) is 0 Å². The molecule has 144 valence electrons. The highest BCUT2D eigenvalue weighted by Crippen LogP contribution is 2.32. The molecule has 4 aromatic rings. The number of aryl methyl sites for hydroxylation is 1. The van der Waals surface area contributed by atoms with Crippen molar-refractivity contribution in [2.75, 3.05) is 6.79 Å². The van der Waals surface area contributed by atoms with Crippen molar-refractivity contribution in [1.82, 2.24) is 4.68 Å². The van der Waals surface area contributed by atoms with Gasteiger partial charge in [0.05, 0.1) is 18.2 Å². The van der Waals surface area contributed by atoms with Crippen molar-refractivity contribution >= 4 is 23.2 Å². The van der Waals surface area contributed by atoms with E-state index in [0.717, 1.165) is 44.6 Å². The average Bonchev–Trinajstić information content (AvgIpc) is 3.47. The lowest BCUT2D eigenvalue weighted by Crippen LogP contribution is -2.11. The summed E-state index contributed by atoms with van der Waals surface area (Å²) in [6, 6.07) is 17.6. The summed E-state index contributed by atoms with van der Waals surface area (Å²) < 4.78 is 18.2. The van der Waals surface area contributed by atoms with Gasteiger partial charge in [0.25, 0.3) is 0 Å². The second kappa shape index (κ2) is 7.44. The van der Waals surface area contributed by atoms with E-state index in [1.54, 1.807) is 17.2 Å². The molecule has 0 N–H and O–H groups in total. The molecule has 0 saturated heterocycles. The number of thiazole rings is 1. The van der Waals surface area contributed by atoms with E-state index in [9.17, 15) is 0 Å². The van der Waals surface area contributed by atoms with Crippen molar-refractivity contribution in [2.24, 2.45) is 10.1 Å². The summed E-state index contributed by atoms with van der Waals surface area (Å²) >= 11 is 1.51. The first-order valence-corrected chi connectivity index (χ1v) is 9.94. The molecule has 0 bridgehead atoms. The van der Waals surface area contributed by atoms with Crippen molar-refractivity contribution in [3.8, 4) is 23.0 Å². The number of aromatic nitrogens is 1. The molecule has 6 nitrogen and oxygen atoms in total. The molecule has 0 amide bonds. The molecule has 0 saturated carbocycles. The molecular formula is C22H17N3O3S. The molecule has 2 aromatic heterocycles.